The summed E-state index contributed by atoms with van der Waals surface area (Å²) in [6.07, 6.45) is 0.729. The highest BCUT2D eigenvalue weighted by Gasteiger charge is 2.33. The molecular weight excluding hydrogens is 370 g/mol. The first-order chi connectivity index (χ1) is 14.0. The van der Waals surface area contributed by atoms with E-state index in [4.69, 9.17) is 9.47 Å². The molecule has 0 aliphatic carbocycles. The SMILES string of the molecule is C=C(C)COc1ccc(N2CCC(COc3ccc(C(=O)OC)cc3)C2=O)cc1. The van der Waals surface area contributed by atoms with E-state index in [0.29, 0.717) is 31.1 Å². The van der Waals surface area contributed by atoms with E-state index < -0.39 is 5.97 Å². The fourth-order valence-corrected chi connectivity index (χ4v) is 3.08. The molecule has 0 bridgehead atoms. The first-order valence-corrected chi connectivity index (χ1v) is 9.47. The van der Waals surface area contributed by atoms with Gasteiger partial charge in [-0.25, -0.2) is 4.79 Å². The number of hydrogen-bond donors (Lipinski definition) is 0. The van der Waals surface area contributed by atoms with Crippen molar-refractivity contribution in [1.82, 2.24) is 0 Å². The van der Waals surface area contributed by atoms with Crippen LogP contribution in [-0.4, -0.2) is 38.7 Å². The molecule has 1 aliphatic rings. The Labute approximate surface area is 170 Å². The molecule has 6 heteroatoms. The maximum Gasteiger partial charge on any atom is 0.337 e. The predicted molar refractivity (Wildman–Crippen MR) is 110 cm³/mol. The number of carbonyl (C=O) groups is 2. The molecule has 1 heterocycles. The number of anilines is 1. The lowest BCUT2D eigenvalue weighted by atomic mass is 10.1. The lowest BCUT2D eigenvalue weighted by Gasteiger charge is -2.18. The molecule has 29 heavy (non-hydrogen) atoms. The van der Waals surface area contributed by atoms with Crippen molar-refractivity contribution in [1.29, 1.82) is 0 Å². The average molecular weight is 395 g/mol. The minimum Gasteiger partial charge on any atom is -0.493 e. The monoisotopic (exact) mass is 395 g/mol. The van der Waals surface area contributed by atoms with E-state index in [9.17, 15) is 9.59 Å². The quantitative estimate of drug-likeness (QED) is 0.502. The summed E-state index contributed by atoms with van der Waals surface area (Å²) in [4.78, 5) is 26.0. The summed E-state index contributed by atoms with van der Waals surface area (Å²) in [7, 11) is 1.34. The number of methoxy groups -OCH3 is 1. The average Bonchev–Trinajstić information content (AvgIpc) is 3.11. The summed E-state index contributed by atoms with van der Waals surface area (Å²) in [5.74, 6) is 0.817. The molecule has 2 aromatic rings. The minimum atomic E-state index is -0.394. The van der Waals surface area contributed by atoms with Crippen LogP contribution in [0.3, 0.4) is 0 Å². The Morgan fingerprint density at radius 3 is 2.31 bits per heavy atom. The van der Waals surface area contributed by atoms with E-state index >= 15 is 0 Å². The van der Waals surface area contributed by atoms with Gasteiger partial charge in [0.15, 0.2) is 0 Å². The molecule has 0 spiro atoms. The van der Waals surface area contributed by atoms with Gasteiger partial charge in [0.1, 0.15) is 18.1 Å². The molecule has 0 saturated carbocycles. The van der Waals surface area contributed by atoms with E-state index in [1.165, 1.54) is 7.11 Å². The van der Waals surface area contributed by atoms with Gasteiger partial charge in [0.05, 0.1) is 25.2 Å². The number of carbonyl (C=O) groups excluding carboxylic acids is 2. The number of benzene rings is 2. The predicted octanol–water partition coefficient (Wildman–Crippen LogP) is 3.86. The minimum absolute atomic E-state index is 0.0479. The molecule has 0 aromatic heterocycles. The van der Waals surface area contributed by atoms with Crippen molar-refractivity contribution in [2.45, 2.75) is 13.3 Å². The van der Waals surface area contributed by atoms with E-state index in [1.54, 1.807) is 29.2 Å². The fourth-order valence-electron chi connectivity index (χ4n) is 3.08. The van der Waals surface area contributed by atoms with Crippen molar-refractivity contribution < 1.29 is 23.8 Å². The van der Waals surface area contributed by atoms with Crippen LogP contribution in [0.25, 0.3) is 0 Å². The third-order valence-electron chi connectivity index (χ3n) is 4.68. The number of esters is 1. The largest absolute Gasteiger partial charge is 0.493 e. The number of amides is 1. The van der Waals surface area contributed by atoms with Crippen LogP contribution in [0.15, 0.2) is 60.7 Å². The van der Waals surface area contributed by atoms with Gasteiger partial charge in [-0.1, -0.05) is 6.58 Å². The molecule has 1 amide bonds. The summed E-state index contributed by atoms with van der Waals surface area (Å²) < 4.78 is 16.0. The molecule has 1 aliphatic heterocycles. The Morgan fingerprint density at radius 1 is 1.07 bits per heavy atom. The van der Waals surface area contributed by atoms with Crippen molar-refractivity contribution in [2.75, 3.05) is 31.8 Å². The first kappa shape index (κ1) is 20.5. The second-order valence-corrected chi connectivity index (χ2v) is 7.04. The lowest BCUT2D eigenvalue weighted by molar-refractivity contribution is -0.121. The maximum absolute atomic E-state index is 12.8. The standard InChI is InChI=1S/C23H25NO5/c1-16(2)14-28-21-10-6-19(7-11-21)24-13-12-18(22(24)25)15-29-20-8-4-17(5-9-20)23(26)27-3/h4-11,18H,1,12-15H2,2-3H3. The fraction of sp³-hybridized carbons (Fsp3) is 0.304. The summed E-state index contributed by atoms with van der Waals surface area (Å²) in [5.41, 5.74) is 2.26. The molecule has 0 N–H and O–H groups in total. The zero-order valence-electron chi connectivity index (χ0n) is 16.7. The summed E-state index contributed by atoms with van der Waals surface area (Å²) in [5, 5.41) is 0. The third kappa shape index (κ3) is 5.16. The van der Waals surface area contributed by atoms with Gasteiger partial charge in [-0.15, -0.1) is 0 Å². The second-order valence-electron chi connectivity index (χ2n) is 7.04. The van der Waals surface area contributed by atoms with E-state index in [0.717, 1.165) is 23.4 Å². The number of ether oxygens (including phenoxy) is 3. The molecule has 1 fully saturated rings. The van der Waals surface area contributed by atoms with Crippen molar-refractivity contribution in [3.05, 3.63) is 66.2 Å². The highest BCUT2D eigenvalue weighted by Crippen LogP contribution is 2.27. The van der Waals surface area contributed by atoms with Crippen molar-refractivity contribution in [2.24, 2.45) is 5.92 Å². The Morgan fingerprint density at radius 2 is 1.69 bits per heavy atom. The Bertz CT molecular complexity index is 873. The molecule has 1 saturated heterocycles. The van der Waals surface area contributed by atoms with E-state index in [1.807, 2.05) is 31.2 Å². The maximum atomic E-state index is 12.8. The molecule has 1 atom stereocenters. The Kier molecular flexibility index (Phi) is 6.54. The van der Waals surface area contributed by atoms with Crippen LogP contribution in [0.2, 0.25) is 0 Å². The van der Waals surface area contributed by atoms with Crippen LogP contribution >= 0.6 is 0 Å². The van der Waals surface area contributed by atoms with Gasteiger partial charge in [0.2, 0.25) is 5.91 Å². The molecular formula is C23H25NO5. The van der Waals surface area contributed by atoms with Crippen LogP contribution in [-0.2, 0) is 9.53 Å². The van der Waals surface area contributed by atoms with Crippen LogP contribution in [0.4, 0.5) is 5.69 Å². The number of rotatable bonds is 8. The molecule has 0 radical (unpaired) electrons. The molecule has 3 rings (SSSR count). The normalized spacial score (nSPS) is 15.9. The summed E-state index contributed by atoms with van der Waals surface area (Å²) in [6, 6.07) is 14.2. The topological polar surface area (TPSA) is 65.1 Å². The van der Waals surface area contributed by atoms with Crippen molar-refractivity contribution in [3.63, 3.8) is 0 Å². The van der Waals surface area contributed by atoms with Crippen molar-refractivity contribution in [3.8, 4) is 11.5 Å². The molecule has 1 unspecified atom stereocenters. The van der Waals surface area contributed by atoms with Crippen LogP contribution in [0.5, 0.6) is 11.5 Å². The van der Waals surface area contributed by atoms with Crippen LogP contribution in [0.1, 0.15) is 23.7 Å². The van der Waals surface area contributed by atoms with Gasteiger partial charge in [-0.3, -0.25) is 4.79 Å². The highest BCUT2D eigenvalue weighted by atomic mass is 16.5. The van der Waals surface area contributed by atoms with Crippen LogP contribution < -0.4 is 14.4 Å². The Balaban J connectivity index is 1.54. The van der Waals surface area contributed by atoms with Gasteiger partial charge >= 0.3 is 5.97 Å². The molecule has 152 valence electrons. The van der Waals surface area contributed by atoms with E-state index in [-0.39, 0.29) is 11.8 Å². The van der Waals surface area contributed by atoms with Crippen LogP contribution in [0, 0.1) is 5.92 Å². The lowest BCUT2D eigenvalue weighted by Crippen LogP contribution is -2.29. The Hall–Kier alpha value is -3.28. The molecule has 6 nitrogen and oxygen atoms in total. The second kappa shape index (κ2) is 9.28. The highest BCUT2D eigenvalue weighted by molar-refractivity contribution is 5.97. The van der Waals surface area contributed by atoms with Gasteiger partial charge < -0.3 is 19.1 Å². The van der Waals surface area contributed by atoms with Gasteiger partial charge in [-0.05, 0) is 67.4 Å². The third-order valence-corrected chi connectivity index (χ3v) is 4.68. The van der Waals surface area contributed by atoms with Crippen molar-refractivity contribution >= 4 is 17.6 Å². The smallest absolute Gasteiger partial charge is 0.337 e. The first-order valence-electron chi connectivity index (χ1n) is 9.47. The zero-order valence-corrected chi connectivity index (χ0v) is 16.7. The van der Waals surface area contributed by atoms with Gasteiger partial charge in [-0.2, -0.15) is 0 Å². The number of nitrogens with zero attached hydrogens (tertiary/aromatic N) is 1. The zero-order chi connectivity index (χ0) is 20.8. The summed E-state index contributed by atoms with van der Waals surface area (Å²) >= 11 is 0. The molecule has 2 aromatic carbocycles. The van der Waals surface area contributed by atoms with Gasteiger partial charge in [0, 0.05) is 12.2 Å². The number of hydrogen-bond acceptors (Lipinski definition) is 5. The van der Waals surface area contributed by atoms with E-state index in [2.05, 4.69) is 11.3 Å². The van der Waals surface area contributed by atoms with Gasteiger partial charge in [0.25, 0.3) is 0 Å². The summed E-state index contributed by atoms with van der Waals surface area (Å²) in [6.45, 7) is 7.15.